The summed E-state index contributed by atoms with van der Waals surface area (Å²) in [4.78, 5) is 7.04. The van der Waals surface area contributed by atoms with Crippen LogP contribution in [0.2, 0.25) is 0 Å². The highest BCUT2D eigenvalue weighted by Crippen LogP contribution is 2.11. The Hall–Kier alpha value is -1.62. The highest BCUT2D eigenvalue weighted by atomic mass is 15.3. The van der Waals surface area contributed by atoms with Crippen LogP contribution in [0, 0.1) is 13.8 Å². The van der Waals surface area contributed by atoms with Crippen molar-refractivity contribution in [3.05, 3.63) is 35.2 Å². The maximum absolute atomic E-state index is 4.38. The number of nitrogens with one attached hydrogen (secondary N) is 2. The van der Waals surface area contributed by atoms with Gasteiger partial charge in [-0.05, 0) is 13.8 Å². The summed E-state index contributed by atoms with van der Waals surface area (Å²) in [5.74, 6) is 0. The molecule has 0 saturated carbocycles. The van der Waals surface area contributed by atoms with Crippen molar-refractivity contribution < 1.29 is 0 Å². The van der Waals surface area contributed by atoms with Gasteiger partial charge in [-0.2, -0.15) is 5.10 Å². The highest BCUT2D eigenvalue weighted by Gasteiger charge is 2.08. The SMILES string of the molecule is Cc1nn(C)c(C)c1CNCc1cnc[nH]1. The standard InChI is InChI=1S/C11H17N5/c1-8-11(9(2)16(3)15-8)6-12-4-10-5-13-7-14-10/h5,7,12H,4,6H2,1-3H3,(H,13,14). The number of H-pyrrole nitrogens is 1. The van der Waals surface area contributed by atoms with Crippen molar-refractivity contribution in [3.63, 3.8) is 0 Å². The van der Waals surface area contributed by atoms with Gasteiger partial charge in [0.05, 0.1) is 12.0 Å². The lowest BCUT2D eigenvalue weighted by molar-refractivity contribution is 0.674. The van der Waals surface area contributed by atoms with Gasteiger partial charge < -0.3 is 10.3 Å². The number of hydrogen-bond acceptors (Lipinski definition) is 3. The van der Waals surface area contributed by atoms with Crippen LogP contribution in [0.3, 0.4) is 0 Å². The number of aryl methyl sites for hydroxylation is 2. The number of nitrogens with zero attached hydrogens (tertiary/aromatic N) is 3. The van der Waals surface area contributed by atoms with Gasteiger partial charge in [-0.15, -0.1) is 0 Å². The Labute approximate surface area is 94.9 Å². The Kier molecular flexibility index (Phi) is 3.05. The molecule has 0 amide bonds. The monoisotopic (exact) mass is 219 g/mol. The van der Waals surface area contributed by atoms with E-state index in [1.54, 1.807) is 6.33 Å². The first-order chi connectivity index (χ1) is 7.68. The zero-order valence-electron chi connectivity index (χ0n) is 9.91. The van der Waals surface area contributed by atoms with E-state index < -0.39 is 0 Å². The number of aromatic amines is 1. The van der Waals surface area contributed by atoms with Gasteiger partial charge in [0.2, 0.25) is 0 Å². The van der Waals surface area contributed by atoms with E-state index in [0.29, 0.717) is 0 Å². The zero-order valence-corrected chi connectivity index (χ0v) is 9.91. The van der Waals surface area contributed by atoms with Crippen molar-refractivity contribution in [3.8, 4) is 0 Å². The molecule has 5 heteroatoms. The summed E-state index contributed by atoms with van der Waals surface area (Å²) in [6, 6.07) is 0. The van der Waals surface area contributed by atoms with Crippen LogP contribution in [0.5, 0.6) is 0 Å². The highest BCUT2D eigenvalue weighted by molar-refractivity contribution is 5.24. The summed E-state index contributed by atoms with van der Waals surface area (Å²) in [5.41, 5.74) is 4.69. The van der Waals surface area contributed by atoms with Crippen molar-refractivity contribution >= 4 is 0 Å². The third kappa shape index (κ3) is 2.14. The van der Waals surface area contributed by atoms with Gasteiger partial charge in [-0.3, -0.25) is 4.68 Å². The number of imidazole rings is 1. The Morgan fingerprint density at radius 3 is 2.75 bits per heavy atom. The predicted molar refractivity (Wildman–Crippen MR) is 61.8 cm³/mol. The molecule has 0 aliphatic rings. The summed E-state index contributed by atoms with van der Waals surface area (Å²) >= 11 is 0. The van der Waals surface area contributed by atoms with Crippen LogP contribution in [-0.2, 0) is 20.1 Å². The molecule has 5 nitrogen and oxygen atoms in total. The fourth-order valence-electron chi connectivity index (χ4n) is 1.78. The third-order valence-electron chi connectivity index (χ3n) is 2.83. The molecule has 16 heavy (non-hydrogen) atoms. The minimum absolute atomic E-state index is 0.799. The fourth-order valence-corrected chi connectivity index (χ4v) is 1.78. The molecule has 0 fully saturated rings. The summed E-state index contributed by atoms with van der Waals surface area (Å²) in [6.07, 6.45) is 3.52. The molecule has 0 aliphatic carbocycles. The molecule has 2 rings (SSSR count). The molecule has 0 saturated heterocycles. The Balaban J connectivity index is 1.95. The first kappa shape index (κ1) is 10.9. The lowest BCUT2D eigenvalue weighted by atomic mass is 10.2. The minimum atomic E-state index is 0.799. The minimum Gasteiger partial charge on any atom is -0.347 e. The first-order valence-corrected chi connectivity index (χ1v) is 5.35. The van der Waals surface area contributed by atoms with E-state index in [1.807, 2.05) is 24.9 Å². The molecule has 2 aromatic heterocycles. The quantitative estimate of drug-likeness (QED) is 0.808. The van der Waals surface area contributed by atoms with E-state index in [0.717, 1.165) is 24.5 Å². The summed E-state index contributed by atoms with van der Waals surface area (Å²) < 4.78 is 1.92. The summed E-state index contributed by atoms with van der Waals surface area (Å²) in [6.45, 7) is 5.77. The summed E-state index contributed by atoms with van der Waals surface area (Å²) in [7, 11) is 1.97. The van der Waals surface area contributed by atoms with Crippen LogP contribution in [0.1, 0.15) is 22.6 Å². The van der Waals surface area contributed by atoms with E-state index in [-0.39, 0.29) is 0 Å². The van der Waals surface area contributed by atoms with E-state index in [9.17, 15) is 0 Å². The molecular weight excluding hydrogens is 202 g/mol. The molecule has 0 spiro atoms. The van der Waals surface area contributed by atoms with Crippen LogP contribution >= 0.6 is 0 Å². The molecule has 0 radical (unpaired) electrons. The molecular formula is C11H17N5. The van der Waals surface area contributed by atoms with Crippen LogP contribution in [-0.4, -0.2) is 19.7 Å². The van der Waals surface area contributed by atoms with Gasteiger partial charge in [0.15, 0.2) is 0 Å². The van der Waals surface area contributed by atoms with Crippen molar-refractivity contribution in [2.45, 2.75) is 26.9 Å². The maximum Gasteiger partial charge on any atom is 0.0922 e. The number of aromatic nitrogens is 4. The Morgan fingerprint density at radius 1 is 1.38 bits per heavy atom. The van der Waals surface area contributed by atoms with E-state index >= 15 is 0 Å². The molecule has 2 N–H and O–H groups in total. The molecule has 0 aromatic carbocycles. The van der Waals surface area contributed by atoms with Gasteiger partial charge in [-0.1, -0.05) is 0 Å². The van der Waals surface area contributed by atoms with Gasteiger partial charge in [0.25, 0.3) is 0 Å². The lowest BCUT2D eigenvalue weighted by Crippen LogP contribution is -2.14. The second-order valence-electron chi connectivity index (χ2n) is 3.95. The number of rotatable bonds is 4. The van der Waals surface area contributed by atoms with Crippen molar-refractivity contribution in [2.75, 3.05) is 0 Å². The zero-order chi connectivity index (χ0) is 11.5. The Morgan fingerprint density at radius 2 is 2.19 bits per heavy atom. The van der Waals surface area contributed by atoms with Crippen molar-refractivity contribution in [1.82, 2.24) is 25.1 Å². The van der Waals surface area contributed by atoms with Gasteiger partial charge >= 0.3 is 0 Å². The van der Waals surface area contributed by atoms with Crippen molar-refractivity contribution in [1.29, 1.82) is 0 Å². The molecule has 0 atom stereocenters. The smallest absolute Gasteiger partial charge is 0.0922 e. The largest absolute Gasteiger partial charge is 0.347 e. The van der Waals surface area contributed by atoms with Crippen molar-refractivity contribution in [2.24, 2.45) is 7.05 Å². The van der Waals surface area contributed by atoms with Crippen LogP contribution < -0.4 is 5.32 Å². The molecule has 86 valence electrons. The molecule has 0 unspecified atom stereocenters. The Bertz CT molecular complexity index is 455. The predicted octanol–water partition coefficient (Wildman–Crippen LogP) is 1.05. The van der Waals surface area contributed by atoms with E-state index in [1.165, 1.54) is 11.3 Å². The molecule has 2 aromatic rings. The molecule has 0 bridgehead atoms. The topological polar surface area (TPSA) is 58.5 Å². The van der Waals surface area contributed by atoms with Crippen LogP contribution in [0.4, 0.5) is 0 Å². The first-order valence-electron chi connectivity index (χ1n) is 5.35. The van der Waals surface area contributed by atoms with E-state index in [4.69, 9.17) is 0 Å². The summed E-state index contributed by atoms with van der Waals surface area (Å²) in [5, 5.41) is 7.76. The third-order valence-corrected chi connectivity index (χ3v) is 2.83. The fraction of sp³-hybridized carbons (Fsp3) is 0.455. The molecule has 2 heterocycles. The average molecular weight is 219 g/mol. The normalized spacial score (nSPS) is 10.9. The van der Waals surface area contributed by atoms with Gasteiger partial charge in [-0.25, -0.2) is 4.98 Å². The number of hydrogen-bond donors (Lipinski definition) is 2. The lowest BCUT2D eigenvalue weighted by Gasteiger charge is -2.03. The second-order valence-corrected chi connectivity index (χ2v) is 3.95. The van der Waals surface area contributed by atoms with Crippen LogP contribution in [0.25, 0.3) is 0 Å². The van der Waals surface area contributed by atoms with Crippen LogP contribution in [0.15, 0.2) is 12.5 Å². The van der Waals surface area contributed by atoms with Gasteiger partial charge in [0.1, 0.15) is 0 Å². The maximum atomic E-state index is 4.38. The van der Waals surface area contributed by atoms with Gasteiger partial charge in [0, 0.05) is 43.3 Å². The molecule has 0 aliphatic heterocycles. The average Bonchev–Trinajstić information content (AvgIpc) is 2.82. The van der Waals surface area contributed by atoms with E-state index in [2.05, 4.69) is 27.3 Å². The second kappa shape index (κ2) is 4.49.